The molecule has 3 N–H and O–H groups in total. The van der Waals surface area contributed by atoms with Gasteiger partial charge in [-0.2, -0.15) is 12.6 Å². The average molecular weight is 331 g/mol. The summed E-state index contributed by atoms with van der Waals surface area (Å²) in [6.07, 6.45) is 4.23. The van der Waals surface area contributed by atoms with Crippen LogP contribution in [0.5, 0.6) is 0 Å². The molecular weight excluding hydrogens is 302 g/mol. The highest BCUT2D eigenvalue weighted by Crippen LogP contribution is 2.04. The van der Waals surface area contributed by atoms with E-state index in [0.717, 1.165) is 38.0 Å². The van der Waals surface area contributed by atoms with Gasteiger partial charge in [-0.05, 0) is 38.6 Å². The molecule has 22 heavy (non-hydrogen) atoms. The summed E-state index contributed by atoms with van der Waals surface area (Å²) in [6, 6.07) is -0.774. The summed E-state index contributed by atoms with van der Waals surface area (Å²) in [6.45, 7) is 0.758. The van der Waals surface area contributed by atoms with Gasteiger partial charge in [0.1, 0.15) is 11.8 Å². The van der Waals surface area contributed by atoms with Gasteiger partial charge in [0.2, 0.25) is 11.8 Å². The van der Waals surface area contributed by atoms with E-state index in [4.69, 9.17) is 0 Å². The summed E-state index contributed by atoms with van der Waals surface area (Å²) in [4.78, 5) is 35.5. The third-order valence-electron chi connectivity index (χ3n) is 3.27. The zero-order valence-electron chi connectivity index (χ0n) is 13.6. The van der Waals surface area contributed by atoms with E-state index < -0.39 is 6.04 Å². The number of thiol groups is 1. The van der Waals surface area contributed by atoms with Gasteiger partial charge in [0, 0.05) is 26.3 Å². The maximum absolute atomic E-state index is 11.9. The van der Waals surface area contributed by atoms with Crippen LogP contribution in [0.3, 0.4) is 0 Å². The Morgan fingerprint density at radius 2 is 1.73 bits per heavy atom. The maximum Gasteiger partial charge on any atom is 0.242 e. The zero-order chi connectivity index (χ0) is 16.8. The smallest absolute Gasteiger partial charge is 0.242 e. The van der Waals surface area contributed by atoms with Crippen molar-refractivity contribution in [1.82, 2.24) is 16.0 Å². The van der Waals surface area contributed by atoms with Crippen molar-refractivity contribution in [3.8, 4) is 0 Å². The number of carbonyl (C=O) groups excluding carboxylic acids is 3. The lowest BCUT2D eigenvalue weighted by molar-refractivity contribution is -0.131. The molecule has 0 heterocycles. The molecule has 0 aliphatic rings. The maximum atomic E-state index is 11.9. The number of likely N-dealkylation sites (N-methyl/N-ethyl adjacent to an activating group) is 1. The minimum atomic E-state index is -0.774. The summed E-state index contributed by atoms with van der Waals surface area (Å²) >= 11 is 4.12. The molecule has 0 aliphatic carbocycles. The van der Waals surface area contributed by atoms with Gasteiger partial charge in [-0.1, -0.05) is 6.42 Å². The van der Waals surface area contributed by atoms with Gasteiger partial charge in [0.15, 0.2) is 0 Å². The Bertz CT molecular complexity index is 351. The molecule has 7 heteroatoms. The molecule has 0 unspecified atom stereocenters. The van der Waals surface area contributed by atoms with Crippen LogP contribution in [-0.2, 0) is 14.4 Å². The largest absolute Gasteiger partial charge is 0.357 e. The SMILES string of the molecule is CNCCCC(=O)C[C@H](NC(=O)CCCCCS)C(=O)NC. The molecule has 0 bridgehead atoms. The predicted molar refractivity (Wildman–Crippen MR) is 91.1 cm³/mol. The van der Waals surface area contributed by atoms with Crippen molar-refractivity contribution in [2.75, 3.05) is 26.4 Å². The minimum absolute atomic E-state index is 0.0146. The number of amides is 2. The van der Waals surface area contributed by atoms with Gasteiger partial charge >= 0.3 is 0 Å². The van der Waals surface area contributed by atoms with Crippen LogP contribution in [0.2, 0.25) is 0 Å². The van der Waals surface area contributed by atoms with E-state index in [1.54, 1.807) is 0 Å². The van der Waals surface area contributed by atoms with Crippen molar-refractivity contribution in [2.24, 2.45) is 0 Å². The standard InChI is InChI=1S/C15H29N3O3S/c1-16-9-6-7-12(19)11-13(15(21)17-2)18-14(20)8-4-3-5-10-22/h13,16,22H,3-11H2,1-2H3,(H,17,21)(H,18,20)/t13-/m0/s1. The van der Waals surface area contributed by atoms with Gasteiger partial charge in [-0.15, -0.1) is 0 Å². The van der Waals surface area contributed by atoms with Crippen LogP contribution in [0.25, 0.3) is 0 Å². The third kappa shape index (κ3) is 10.6. The lowest BCUT2D eigenvalue weighted by Crippen LogP contribution is -2.46. The van der Waals surface area contributed by atoms with Crippen molar-refractivity contribution >= 4 is 30.2 Å². The minimum Gasteiger partial charge on any atom is -0.357 e. The van der Waals surface area contributed by atoms with Crippen LogP contribution in [0, 0.1) is 0 Å². The normalized spacial score (nSPS) is 11.8. The molecule has 0 saturated carbocycles. The van der Waals surface area contributed by atoms with Crippen LogP contribution >= 0.6 is 12.6 Å². The Kier molecular flexibility index (Phi) is 12.9. The van der Waals surface area contributed by atoms with Crippen LogP contribution in [0.1, 0.15) is 44.9 Å². The summed E-state index contributed by atoms with van der Waals surface area (Å²) < 4.78 is 0. The topological polar surface area (TPSA) is 87.3 Å². The molecule has 2 amide bonds. The number of rotatable bonds is 13. The monoisotopic (exact) mass is 331 g/mol. The molecule has 128 valence electrons. The Morgan fingerprint density at radius 3 is 2.32 bits per heavy atom. The molecule has 0 spiro atoms. The van der Waals surface area contributed by atoms with Gasteiger partial charge < -0.3 is 16.0 Å². The van der Waals surface area contributed by atoms with Gasteiger partial charge in [0.25, 0.3) is 0 Å². The Balaban J connectivity index is 4.25. The molecule has 1 atom stereocenters. The van der Waals surface area contributed by atoms with E-state index in [2.05, 4.69) is 28.6 Å². The highest BCUT2D eigenvalue weighted by atomic mass is 32.1. The highest BCUT2D eigenvalue weighted by Gasteiger charge is 2.22. The van der Waals surface area contributed by atoms with E-state index in [0.29, 0.717) is 12.8 Å². The molecule has 0 radical (unpaired) electrons. The molecule has 0 rings (SSSR count). The summed E-state index contributed by atoms with van der Waals surface area (Å²) in [5, 5.41) is 8.12. The Labute approximate surface area is 138 Å². The number of ketones is 1. The molecule has 0 fully saturated rings. The number of hydrogen-bond donors (Lipinski definition) is 4. The van der Waals surface area contributed by atoms with Crippen molar-refractivity contribution in [2.45, 2.75) is 51.0 Å². The quantitative estimate of drug-likeness (QED) is 0.295. The number of nitrogens with one attached hydrogen (secondary N) is 3. The summed E-state index contributed by atoms with van der Waals surface area (Å²) in [5.74, 6) is 0.282. The summed E-state index contributed by atoms with van der Waals surface area (Å²) in [5.41, 5.74) is 0. The molecule has 0 aliphatic heterocycles. The van der Waals surface area contributed by atoms with E-state index >= 15 is 0 Å². The first kappa shape index (κ1) is 20.9. The second-order valence-electron chi connectivity index (χ2n) is 5.22. The van der Waals surface area contributed by atoms with Crippen molar-refractivity contribution in [3.05, 3.63) is 0 Å². The first-order chi connectivity index (χ1) is 10.5. The van der Waals surface area contributed by atoms with Crippen molar-refractivity contribution in [3.63, 3.8) is 0 Å². The number of hydrogen-bond acceptors (Lipinski definition) is 5. The van der Waals surface area contributed by atoms with Crippen LogP contribution in [0.15, 0.2) is 0 Å². The first-order valence-corrected chi connectivity index (χ1v) is 8.46. The van der Waals surface area contributed by atoms with Gasteiger partial charge in [-0.3, -0.25) is 14.4 Å². The molecule has 0 saturated heterocycles. The molecule has 6 nitrogen and oxygen atoms in total. The van der Waals surface area contributed by atoms with Gasteiger partial charge in [0.05, 0.1) is 0 Å². The second-order valence-corrected chi connectivity index (χ2v) is 5.67. The molecule has 0 aromatic rings. The van der Waals surface area contributed by atoms with E-state index in [9.17, 15) is 14.4 Å². The van der Waals surface area contributed by atoms with Crippen LogP contribution in [0.4, 0.5) is 0 Å². The fraction of sp³-hybridized carbons (Fsp3) is 0.800. The average Bonchev–Trinajstić information content (AvgIpc) is 2.50. The first-order valence-electron chi connectivity index (χ1n) is 7.83. The van der Waals surface area contributed by atoms with Crippen molar-refractivity contribution < 1.29 is 14.4 Å². The number of Topliss-reactive ketones (excluding diaryl/α,β-unsaturated/α-hetero) is 1. The van der Waals surface area contributed by atoms with E-state index in [1.807, 2.05) is 7.05 Å². The zero-order valence-corrected chi connectivity index (χ0v) is 14.5. The molecule has 0 aromatic heterocycles. The van der Waals surface area contributed by atoms with E-state index in [-0.39, 0.29) is 24.0 Å². The fourth-order valence-corrected chi connectivity index (χ4v) is 2.24. The molecular formula is C15H29N3O3S. The lowest BCUT2D eigenvalue weighted by atomic mass is 10.1. The lowest BCUT2D eigenvalue weighted by Gasteiger charge is -2.16. The Morgan fingerprint density at radius 1 is 1.00 bits per heavy atom. The van der Waals surface area contributed by atoms with Gasteiger partial charge in [-0.25, -0.2) is 0 Å². The predicted octanol–water partition coefficient (Wildman–Crippen LogP) is 0.666. The second kappa shape index (κ2) is 13.6. The van der Waals surface area contributed by atoms with Crippen LogP contribution in [-0.4, -0.2) is 50.0 Å². The number of carbonyl (C=O) groups is 3. The highest BCUT2D eigenvalue weighted by molar-refractivity contribution is 7.80. The summed E-state index contributed by atoms with van der Waals surface area (Å²) in [7, 11) is 3.32. The van der Waals surface area contributed by atoms with Crippen LogP contribution < -0.4 is 16.0 Å². The van der Waals surface area contributed by atoms with E-state index in [1.165, 1.54) is 7.05 Å². The Hall–Kier alpha value is -1.08. The molecule has 0 aromatic carbocycles. The number of unbranched alkanes of at least 4 members (excludes halogenated alkanes) is 2. The fourth-order valence-electron chi connectivity index (χ4n) is 2.02. The van der Waals surface area contributed by atoms with Crippen molar-refractivity contribution in [1.29, 1.82) is 0 Å². The third-order valence-corrected chi connectivity index (χ3v) is 3.59.